The molecule has 0 aromatic heterocycles. The molecule has 14 heavy (non-hydrogen) atoms. The van der Waals surface area contributed by atoms with Crippen LogP contribution in [0.4, 0.5) is 0 Å². The van der Waals surface area contributed by atoms with Crippen LogP contribution in [-0.2, 0) is 19.1 Å². The summed E-state index contributed by atoms with van der Waals surface area (Å²) >= 11 is 5.52. The van der Waals surface area contributed by atoms with Gasteiger partial charge in [-0.15, -0.1) is 11.6 Å². The first-order valence-electron chi connectivity index (χ1n) is 4.42. The summed E-state index contributed by atoms with van der Waals surface area (Å²) in [6.07, 6.45) is 0.804. The van der Waals surface area contributed by atoms with Crippen molar-refractivity contribution >= 4 is 23.5 Å². The Balaban J connectivity index is 3.72. The molecule has 1 unspecified atom stereocenters. The molecular weight excluding hydrogens is 208 g/mol. The minimum atomic E-state index is -0.344. The van der Waals surface area contributed by atoms with Crippen LogP contribution in [0.2, 0.25) is 0 Å². The second-order valence-corrected chi connectivity index (χ2v) is 3.22. The third kappa shape index (κ3) is 7.86. The van der Waals surface area contributed by atoms with Crippen LogP contribution in [0.15, 0.2) is 0 Å². The van der Waals surface area contributed by atoms with Crippen molar-refractivity contribution in [2.45, 2.75) is 32.8 Å². The zero-order chi connectivity index (χ0) is 11.0. The van der Waals surface area contributed by atoms with E-state index in [4.69, 9.17) is 21.1 Å². The van der Waals surface area contributed by atoms with Gasteiger partial charge in [-0.25, -0.2) is 0 Å². The first-order chi connectivity index (χ1) is 6.56. The number of esters is 2. The molecule has 0 radical (unpaired) electrons. The molecule has 1 atom stereocenters. The Morgan fingerprint density at radius 3 is 2.29 bits per heavy atom. The Hall–Kier alpha value is -0.770. The van der Waals surface area contributed by atoms with E-state index in [0.717, 1.165) is 0 Å². The van der Waals surface area contributed by atoms with Crippen LogP contribution < -0.4 is 0 Å². The molecule has 4 nitrogen and oxygen atoms in total. The van der Waals surface area contributed by atoms with Gasteiger partial charge < -0.3 is 9.47 Å². The molecule has 0 rings (SSSR count). The van der Waals surface area contributed by atoms with Crippen LogP contribution in [0.5, 0.6) is 0 Å². The molecule has 0 amide bonds. The molecule has 5 heteroatoms. The Morgan fingerprint density at radius 1 is 1.21 bits per heavy atom. The third-order valence-electron chi connectivity index (χ3n) is 1.51. The largest absolute Gasteiger partial charge is 0.466 e. The van der Waals surface area contributed by atoms with Crippen LogP contribution in [0, 0.1) is 0 Å². The molecule has 0 bridgehead atoms. The first kappa shape index (κ1) is 13.2. The first-order valence-corrected chi connectivity index (χ1v) is 4.96. The van der Waals surface area contributed by atoms with E-state index in [1.54, 1.807) is 0 Å². The summed E-state index contributed by atoms with van der Waals surface area (Å²) in [5.74, 6) is -0.265. The minimum absolute atomic E-state index is 0.254. The van der Waals surface area contributed by atoms with Crippen LogP contribution in [0.25, 0.3) is 0 Å². The Bertz CT molecular complexity index is 193. The van der Waals surface area contributed by atoms with Gasteiger partial charge in [0.2, 0.25) is 0 Å². The maximum Gasteiger partial charge on any atom is 0.302 e. The fraction of sp³-hybridized carbons (Fsp3) is 0.778. The number of rotatable bonds is 6. The standard InChI is InChI=1S/C9H15ClO4/c1-7(11)13-6-4-9(3-5-10)14-8(2)12/h9H,3-6H2,1-2H3. The lowest BCUT2D eigenvalue weighted by Gasteiger charge is -2.15. The quantitative estimate of drug-likeness (QED) is 0.505. The van der Waals surface area contributed by atoms with Crippen LogP contribution in [-0.4, -0.2) is 30.5 Å². The average Bonchev–Trinajstić information content (AvgIpc) is 2.02. The summed E-state index contributed by atoms with van der Waals surface area (Å²) in [6.45, 7) is 2.93. The van der Waals surface area contributed by atoms with Crippen molar-refractivity contribution in [2.75, 3.05) is 12.5 Å². The third-order valence-corrected chi connectivity index (χ3v) is 1.73. The van der Waals surface area contributed by atoms with Crippen LogP contribution in [0.3, 0.4) is 0 Å². The van der Waals surface area contributed by atoms with Crippen molar-refractivity contribution in [3.63, 3.8) is 0 Å². The lowest BCUT2D eigenvalue weighted by molar-refractivity contribution is -0.148. The molecule has 0 aromatic rings. The van der Waals surface area contributed by atoms with Crippen molar-refractivity contribution in [2.24, 2.45) is 0 Å². The van der Waals surface area contributed by atoms with Crippen molar-refractivity contribution in [1.82, 2.24) is 0 Å². The van der Waals surface area contributed by atoms with Gasteiger partial charge in [0, 0.05) is 26.1 Å². The van der Waals surface area contributed by atoms with Crippen molar-refractivity contribution in [1.29, 1.82) is 0 Å². The predicted octanol–water partition coefficient (Wildman–Crippen LogP) is 1.50. The van der Waals surface area contributed by atoms with Crippen molar-refractivity contribution < 1.29 is 19.1 Å². The maximum absolute atomic E-state index is 10.7. The SMILES string of the molecule is CC(=O)OCCC(CCCl)OC(C)=O. The van der Waals surface area contributed by atoms with E-state index >= 15 is 0 Å². The number of hydrogen-bond acceptors (Lipinski definition) is 4. The van der Waals surface area contributed by atoms with Crippen molar-refractivity contribution in [3.05, 3.63) is 0 Å². The van der Waals surface area contributed by atoms with E-state index in [1.807, 2.05) is 0 Å². The fourth-order valence-electron chi connectivity index (χ4n) is 0.953. The second-order valence-electron chi connectivity index (χ2n) is 2.84. The molecule has 0 aromatic carbocycles. The predicted molar refractivity (Wildman–Crippen MR) is 52.1 cm³/mol. The highest BCUT2D eigenvalue weighted by molar-refractivity contribution is 6.17. The van der Waals surface area contributed by atoms with E-state index in [0.29, 0.717) is 18.7 Å². The number of ether oxygens (including phenoxy) is 2. The molecular formula is C9H15ClO4. The van der Waals surface area contributed by atoms with Gasteiger partial charge in [0.1, 0.15) is 6.10 Å². The molecule has 0 aliphatic heterocycles. The molecule has 0 saturated carbocycles. The minimum Gasteiger partial charge on any atom is -0.466 e. The Labute approximate surface area is 88.5 Å². The maximum atomic E-state index is 10.7. The highest BCUT2D eigenvalue weighted by Gasteiger charge is 2.11. The van der Waals surface area contributed by atoms with Crippen LogP contribution >= 0.6 is 11.6 Å². The zero-order valence-electron chi connectivity index (χ0n) is 8.42. The molecule has 0 N–H and O–H groups in total. The van der Waals surface area contributed by atoms with Gasteiger partial charge >= 0.3 is 11.9 Å². The summed E-state index contributed by atoms with van der Waals surface area (Å²) in [7, 11) is 0. The fourth-order valence-corrected chi connectivity index (χ4v) is 1.20. The summed E-state index contributed by atoms with van der Waals surface area (Å²) in [5.41, 5.74) is 0. The average molecular weight is 223 g/mol. The lowest BCUT2D eigenvalue weighted by Crippen LogP contribution is -2.19. The number of halogens is 1. The number of alkyl halides is 1. The monoisotopic (exact) mass is 222 g/mol. The molecule has 0 heterocycles. The van der Waals surface area contributed by atoms with E-state index in [2.05, 4.69) is 0 Å². The molecule has 0 aliphatic rings. The van der Waals surface area contributed by atoms with Gasteiger partial charge in [-0.2, -0.15) is 0 Å². The topological polar surface area (TPSA) is 52.6 Å². The number of hydrogen-bond donors (Lipinski definition) is 0. The summed E-state index contributed by atoms with van der Waals surface area (Å²) in [5, 5.41) is 0. The summed E-state index contributed by atoms with van der Waals surface area (Å²) in [6, 6.07) is 0. The molecule has 82 valence electrons. The molecule has 0 aliphatic carbocycles. The molecule has 0 saturated heterocycles. The van der Waals surface area contributed by atoms with Gasteiger partial charge in [-0.3, -0.25) is 9.59 Å². The smallest absolute Gasteiger partial charge is 0.302 e. The van der Waals surface area contributed by atoms with E-state index in [9.17, 15) is 9.59 Å². The van der Waals surface area contributed by atoms with E-state index < -0.39 is 0 Å². The van der Waals surface area contributed by atoms with E-state index in [1.165, 1.54) is 13.8 Å². The van der Waals surface area contributed by atoms with E-state index in [-0.39, 0.29) is 24.6 Å². The second kappa shape index (κ2) is 7.62. The van der Waals surface area contributed by atoms with Gasteiger partial charge in [0.05, 0.1) is 6.61 Å². The molecule has 0 spiro atoms. The Morgan fingerprint density at radius 2 is 1.86 bits per heavy atom. The normalized spacial score (nSPS) is 11.9. The van der Waals surface area contributed by atoms with Crippen LogP contribution in [0.1, 0.15) is 26.7 Å². The number of carbonyl (C=O) groups is 2. The lowest BCUT2D eigenvalue weighted by atomic mass is 10.2. The van der Waals surface area contributed by atoms with Gasteiger partial charge in [0.15, 0.2) is 0 Å². The van der Waals surface area contributed by atoms with Gasteiger partial charge in [-0.1, -0.05) is 0 Å². The van der Waals surface area contributed by atoms with Gasteiger partial charge in [-0.05, 0) is 6.42 Å². The highest BCUT2D eigenvalue weighted by Crippen LogP contribution is 2.06. The summed E-state index contributed by atoms with van der Waals surface area (Å²) < 4.78 is 9.68. The zero-order valence-corrected chi connectivity index (χ0v) is 9.17. The molecule has 0 fully saturated rings. The summed E-state index contributed by atoms with van der Waals surface area (Å²) in [4.78, 5) is 21.1. The number of carbonyl (C=O) groups excluding carboxylic acids is 2. The Kier molecular flexibility index (Phi) is 7.20. The van der Waals surface area contributed by atoms with Gasteiger partial charge in [0.25, 0.3) is 0 Å². The highest BCUT2D eigenvalue weighted by atomic mass is 35.5. The van der Waals surface area contributed by atoms with Crippen molar-refractivity contribution in [3.8, 4) is 0 Å².